The minimum Gasteiger partial charge on any atom is -0.462 e. The highest BCUT2D eigenvalue weighted by Gasteiger charge is 2.70. The molecule has 0 bridgehead atoms. The van der Waals surface area contributed by atoms with Gasteiger partial charge in [0.25, 0.3) is 0 Å². The molecule has 0 saturated heterocycles. The molecule has 4 saturated carbocycles. The summed E-state index contributed by atoms with van der Waals surface area (Å²) < 4.78 is 11.6. The van der Waals surface area contributed by atoms with E-state index in [0.717, 1.165) is 32.1 Å². The summed E-state index contributed by atoms with van der Waals surface area (Å²) in [5.41, 5.74) is -2.24. The summed E-state index contributed by atoms with van der Waals surface area (Å²) in [7, 11) is 0. The van der Waals surface area contributed by atoms with E-state index in [-0.39, 0.29) is 53.1 Å². The van der Waals surface area contributed by atoms with Crippen LogP contribution in [-0.2, 0) is 23.9 Å². The average molecular weight is 407 g/mol. The summed E-state index contributed by atoms with van der Waals surface area (Å²) in [6.45, 7) is 7.02. The molecule has 0 aromatic rings. The molecule has 1 N–H and O–H groups in total. The van der Waals surface area contributed by atoms with Crippen molar-refractivity contribution < 1.29 is 29.0 Å². The standard InChI is InChI=1S/C23H34O6/c1-13(24)28-17-12-21(3)16(7-8-19(21)29-14(2)25)15-11-18(26)23(27)10-6-5-9-22(23,4)20(15)17/h15-17,19-20,27H,5-12H2,1-4H3/t15-,16+,17+,19+,20+,21-,22+,23-/m0/s1. The Morgan fingerprint density at radius 1 is 1.03 bits per heavy atom. The van der Waals surface area contributed by atoms with E-state index in [2.05, 4.69) is 6.92 Å². The zero-order valence-corrected chi connectivity index (χ0v) is 18.0. The first-order valence-electron chi connectivity index (χ1n) is 11.1. The molecule has 0 amide bonds. The van der Waals surface area contributed by atoms with Crippen LogP contribution in [0, 0.1) is 28.6 Å². The molecule has 0 aromatic carbocycles. The van der Waals surface area contributed by atoms with E-state index in [1.165, 1.54) is 13.8 Å². The molecule has 29 heavy (non-hydrogen) atoms. The van der Waals surface area contributed by atoms with Crippen LogP contribution in [0.1, 0.15) is 79.1 Å². The second-order valence-corrected chi connectivity index (χ2v) is 10.4. The number of carbonyl (C=O) groups is 3. The van der Waals surface area contributed by atoms with Gasteiger partial charge < -0.3 is 14.6 Å². The van der Waals surface area contributed by atoms with Crippen molar-refractivity contribution in [3.8, 4) is 0 Å². The van der Waals surface area contributed by atoms with Crippen molar-refractivity contribution in [1.29, 1.82) is 0 Å². The van der Waals surface area contributed by atoms with Gasteiger partial charge >= 0.3 is 11.9 Å². The Kier molecular flexibility index (Phi) is 4.88. The lowest BCUT2D eigenvalue weighted by molar-refractivity contribution is -0.233. The van der Waals surface area contributed by atoms with Gasteiger partial charge in [-0.1, -0.05) is 26.7 Å². The summed E-state index contributed by atoms with van der Waals surface area (Å²) >= 11 is 0. The Balaban J connectivity index is 1.78. The quantitative estimate of drug-likeness (QED) is 0.709. The van der Waals surface area contributed by atoms with Crippen molar-refractivity contribution in [1.82, 2.24) is 0 Å². The van der Waals surface area contributed by atoms with E-state index >= 15 is 0 Å². The van der Waals surface area contributed by atoms with Crippen LogP contribution in [0.25, 0.3) is 0 Å². The summed E-state index contributed by atoms with van der Waals surface area (Å²) in [4.78, 5) is 37.0. The normalized spacial score (nSPS) is 48.9. The van der Waals surface area contributed by atoms with E-state index < -0.39 is 11.0 Å². The van der Waals surface area contributed by atoms with Gasteiger partial charge in [0.05, 0.1) is 0 Å². The van der Waals surface area contributed by atoms with Gasteiger partial charge in [0.1, 0.15) is 17.8 Å². The SMILES string of the molecule is CC(=O)O[C@@H]1C[C@@]2(C)[C@H](CC[C@H]2OC(C)=O)[C@@H]2CC(=O)[C@@]3(O)CCCC[C@]3(C)[C@H]21. The lowest BCUT2D eigenvalue weighted by Gasteiger charge is -2.63. The van der Waals surface area contributed by atoms with Crippen molar-refractivity contribution in [3.05, 3.63) is 0 Å². The lowest BCUT2D eigenvalue weighted by atomic mass is 9.42. The van der Waals surface area contributed by atoms with Gasteiger partial charge in [-0.05, 0) is 43.9 Å². The van der Waals surface area contributed by atoms with E-state index in [1.807, 2.05) is 6.92 Å². The molecule has 0 heterocycles. The molecule has 4 aliphatic rings. The molecule has 0 aliphatic heterocycles. The van der Waals surface area contributed by atoms with Gasteiger partial charge in [-0.2, -0.15) is 0 Å². The molecular formula is C23H34O6. The fourth-order valence-electron chi connectivity index (χ4n) is 7.82. The van der Waals surface area contributed by atoms with Crippen LogP contribution in [0.4, 0.5) is 0 Å². The maximum absolute atomic E-state index is 13.2. The van der Waals surface area contributed by atoms with E-state index in [1.54, 1.807) is 0 Å². The Bertz CT molecular complexity index is 733. The summed E-state index contributed by atoms with van der Waals surface area (Å²) in [5, 5.41) is 11.5. The van der Waals surface area contributed by atoms with E-state index in [4.69, 9.17) is 9.47 Å². The van der Waals surface area contributed by atoms with Crippen LogP contribution in [0.3, 0.4) is 0 Å². The van der Waals surface area contributed by atoms with Crippen LogP contribution in [0.2, 0.25) is 0 Å². The van der Waals surface area contributed by atoms with Crippen molar-refractivity contribution in [2.75, 3.05) is 0 Å². The van der Waals surface area contributed by atoms with Gasteiger partial charge in [0.15, 0.2) is 5.78 Å². The third kappa shape index (κ3) is 2.88. The molecule has 4 aliphatic carbocycles. The second kappa shape index (κ2) is 6.79. The summed E-state index contributed by atoms with van der Waals surface area (Å²) in [5.74, 6) is -0.481. The Morgan fingerprint density at radius 2 is 1.69 bits per heavy atom. The van der Waals surface area contributed by atoms with Gasteiger partial charge in [0, 0.05) is 37.0 Å². The van der Waals surface area contributed by atoms with Crippen LogP contribution in [0.5, 0.6) is 0 Å². The second-order valence-electron chi connectivity index (χ2n) is 10.4. The molecule has 162 valence electrons. The molecule has 0 aromatic heterocycles. The van der Waals surface area contributed by atoms with Crippen LogP contribution >= 0.6 is 0 Å². The predicted molar refractivity (Wildman–Crippen MR) is 105 cm³/mol. The highest BCUT2D eigenvalue weighted by molar-refractivity contribution is 5.89. The molecule has 0 unspecified atom stereocenters. The Morgan fingerprint density at radius 3 is 2.34 bits per heavy atom. The highest BCUT2D eigenvalue weighted by Crippen LogP contribution is 2.67. The first-order valence-corrected chi connectivity index (χ1v) is 11.1. The smallest absolute Gasteiger partial charge is 0.302 e. The minimum absolute atomic E-state index is 0.0366. The molecular weight excluding hydrogens is 372 g/mol. The summed E-state index contributed by atoms with van der Waals surface area (Å²) in [6.07, 6.45) is 5.08. The largest absolute Gasteiger partial charge is 0.462 e. The third-order valence-corrected chi connectivity index (χ3v) is 9.02. The number of hydrogen-bond acceptors (Lipinski definition) is 6. The number of Topliss-reactive ketones (excluding diaryl/α,β-unsaturated/α-hetero) is 1. The highest BCUT2D eigenvalue weighted by atomic mass is 16.6. The lowest BCUT2D eigenvalue weighted by Crippen LogP contribution is -2.69. The topological polar surface area (TPSA) is 89.9 Å². The maximum Gasteiger partial charge on any atom is 0.302 e. The maximum atomic E-state index is 13.2. The predicted octanol–water partition coefficient (Wildman–Crippen LogP) is 3.19. The van der Waals surface area contributed by atoms with Crippen molar-refractivity contribution in [2.45, 2.75) is 96.9 Å². The molecule has 6 heteroatoms. The zero-order valence-electron chi connectivity index (χ0n) is 18.0. The number of esters is 2. The Hall–Kier alpha value is -1.43. The van der Waals surface area contributed by atoms with Crippen molar-refractivity contribution >= 4 is 17.7 Å². The molecule has 8 atom stereocenters. The monoisotopic (exact) mass is 406 g/mol. The molecule has 4 rings (SSSR count). The number of rotatable bonds is 2. The molecule has 0 radical (unpaired) electrons. The number of ether oxygens (including phenoxy) is 2. The number of hydrogen-bond donors (Lipinski definition) is 1. The van der Waals surface area contributed by atoms with Gasteiger partial charge in [-0.3, -0.25) is 14.4 Å². The fourth-order valence-corrected chi connectivity index (χ4v) is 7.82. The number of carbonyl (C=O) groups excluding carboxylic acids is 3. The van der Waals surface area contributed by atoms with Crippen molar-refractivity contribution in [3.63, 3.8) is 0 Å². The third-order valence-electron chi connectivity index (χ3n) is 9.02. The number of fused-ring (bicyclic) bond motifs is 5. The Labute approximate surface area is 172 Å². The fraction of sp³-hybridized carbons (Fsp3) is 0.870. The number of aliphatic hydroxyl groups is 1. The van der Waals surface area contributed by atoms with Crippen LogP contribution in [-0.4, -0.2) is 40.6 Å². The van der Waals surface area contributed by atoms with Crippen molar-refractivity contribution in [2.24, 2.45) is 28.6 Å². The zero-order chi connectivity index (χ0) is 21.2. The van der Waals surface area contributed by atoms with E-state index in [0.29, 0.717) is 19.3 Å². The first kappa shape index (κ1) is 20.8. The van der Waals surface area contributed by atoms with Gasteiger partial charge in [0.2, 0.25) is 0 Å². The molecule has 0 spiro atoms. The van der Waals surface area contributed by atoms with Gasteiger partial charge in [-0.15, -0.1) is 0 Å². The van der Waals surface area contributed by atoms with Crippen LogP contribution in [0.15, 0.2) is 0 Å². The average Bonchev–Trinajstić information content (AvgIpc) is 2.92. The molecule has 6 nitrogen and oxygen atoms in total. The first-order chi connectivity index (χ1) is 13.5. The van der Waals surface area contributed by atoms with Gasteiger partial charge in [-0.25, -0.2) is 0 Å². The number of ketones is 1. The summed E-state index contributed by atoms with van der Waals surface area (Å²) in [6, 6.07) is 0. The van der Waals surface area contributed by atoms with Crippen LogP contribution < -0.4 is 0 Å². The molecule has 4 fully saturated rings. The van der Waals surface area contributed by atoms with E-state index in [9.17, 15) is 19.5 Å². The minimum atomic E-state index is -1.33.